The van der Waals surface area contributed by atoms with Crippen molar-refractivity contribution in [3.05, 3.63) is 54.5 Å². The minimum absolute atomic E-state index is 0.0777. The second kappa shape index (κ2) is 9.06. The molecule has 0 radical (unpaired) electrons. The summed E-state index contributed by atoms with van der Waals surface area (Å²) in [5.74, 6) is -0.0627. The third-order valence-corrected chi connectivity index (χ3v) is 5.67. The number of benzene rings is 2. The van der Waals surface area contributed by atoms with Gasteiger partial charge in [0.05, 0.1) is 20.8 Å². The van der Waals surface area contributed by atoms with Crippen LogP contribution >= 0.6 is 0 Å². The Hall–Kier alpha value is -2.91. The van der Waals surface area contributed by atoms with Crippen LogP contribution in [-0.2, 0) is 10.0 Å². The van der Waals surface area contributed by atoms with Crippen molar-refractivity contribution in [2.75, 3.05) is 27.4 Å². The molecule has 3 aromatic rings. The standard InChI is InChI=1S/C20H21FN2O5S/c1-26-17-12-15(21)19(13-18(17)27-2)29(24,25)23-10-5-11-28-16-8-3-6-14-7-4-9-22-20(14)16/h3-4,6-9,12-13,23H,5,10-11H2,1-2H3. The molecule has 7 nitrogen and oxygen atoms in total. The second-order valence-corrected chi connectivity index (χ2v) is 7.80. The summed E-state index contributed by atoms with van der Waals surface area (Å²) in [6, 6.07) is 11.4. The van der Waals surface area contributed by atoms with Crippen LogP contribution in [0.15, 0.2) is 53.6 Å². The Bertz CT molecular complexity index is 1100. The van der Waals surface area contributed by atoms with E-state index in [9.17, 15) is 12.8 Å². The van der Waals surface area contributed by atoms with E-state index in [0.29, 0.717) is 12.2 Å². The zero-order valence-electron chi connectivity index (χ0n) is 16.0. The van der Waals surface area contributed by atoms with E-state index in [4.69, 9.17) is 14.2 Å². The highest BCUT2D eigenvalue weighted by atomic mass is 32.2. The number of nitrogens with zero attached hydrogens (tertiary/aromatic N) is 1. The molecule has 0 aliphatic rings. The average molecular weight is 420 g/mol. The van der Waals surface area contributed by atoms with Crippen molar-refractivity contribution >= 4 is 20.9 Å². The van der Waals surface area contributed by atoms with E-state index in [1.165, 1.54) is 14.2 Å². The molecule has 0 saturated heterocycles. The molecule has 154 valence electrons. The number of sulfonamides is 1. The van der Waals surface area contributed by atoms with Gasteiger partial charge in [0, 0.05) is 30.3 Å². The molecule has 9 heteroatoms. The summed E-state index contributed by atoms with van der Waals surface area (Å²) < 4.78 is 57.2. The number of rotatable bonds is 9. The largest absolute Gasteiger partial charge is 0.493 e. The summed E-state index contributed by atoms with van der Waals surface area (Å²) in [6.07, 6.45) is 2.07. The molecule has 1 aromatic heterocycles. The molecule has 1 N–H and O–H groups in total. The second-order valence-electron chi connectivity index (χ2n) is 6.07. The molecule has 0 aliphatic heterocycles. The highest BCUT2D eigenvalue weighted by molar-refractivity contribution is 7.89. The average Bonchev–Trinajstić information content (AvgIpc) is 2.73. The van der Waals surface area contributed by atoms with Crippen LogP contribution in [0.25, 0.3) is 10.9 Å². The summed E-state index contributed by atoms with van der Waals surface area (Å²) in [4.78, 5) is 3.79. The third-order valence-electron chi connectivity index (χ3n) is 4.19. The third kappa shape index (κ3) is 4.75. The Morgan fingerprint density at radius 2 is 1.76 bits per heavy atom. The number of nitrogens with one attached hydrogen (secondary N) is 1. The number of para-hydroxylation sites is 1. The Balaban J connectivity index is 1.60. The number of hydrogen-bond acceptors (Lipinski definition) is 6. The van der Waals surface area contributed by atoms with E-state index in [-0.39, 0.29) is 24.7 Å². The van der Waals surface area contributed by atoms with Gasteiger partial charge in [0.15, 0.2) is 11.5 Å². The molecule has 29 heavy (non-hydrogen) atoms. The molecular formula is C20H21FN2O5S. The number of pyridine rings is 1. The molecule has 0 amide bonds. The van der Waals surface area contributed by atoms with E-state index in [1.807, 2.05) is 24.3 Å². The van der Waals surface area contributed by atoms with Crippen LogP contribution in [0.3, 0.4) is 0 Å². The van der Waals surface area contributed by atoms with Gasteiger partial charge in [-0.3, -0.25) is 4.98 Å². The van der Waals surface area contributed by atoms with Gasteiger partial charge < -0.3 is 14.2 Å². The predicted octanol–water partition coefficient (Wildman–Crippen LogP) is 3.14. The van der Waals surface area contributed by atoms with Gasteiger partial charge in [0.1, 0.15) is 22.0 Å². The van der Waals surface area contributed by atoms with Crippen molar-refractivity contribution in [3.8, 4) is 17.2 Å². The fraction of sp³-hybridized carbons (Fsp3) is 0.250. The van der Waals surface area contributed by atoms with Crippen molar-refractivity contribution in [2.45, 2.75) is 11.3 Å². The summed E-state index contributed by atoms with van der Waals surface area (Å²) in [5, 5.41) is 0.953. The molecule has 0 atom stereocenters. The summed E-state index contributed by atoms with van der Waals surface area (Å²) in [5.41, 5.74) is 0.739. The van der Waals surface area contributed by atoms with Gasteiger partial charge >= 0.3 is 0 Å². The Morgan fingerprint density at radius 3 is 2.52 bits per heavy atom. The minimum Gasteiger partial charge on any atom is -0.493 e. The van der Waals surface area contributed by atoms with Gasteiger partial charge in [-0.15, -0.1) is 0 Å². The van der Waals surface area contributed by atoms with Gasteiger partial charge in [-0.05, 0) is 18.6 Å². The first-order valence-corrected chi connectivity index (χ1v) is 10.3. The molecular weight excluding hydrogens is 399 g/mol. The first-order chi connectivity index (χ1) is 14.0. The lowest BCUT2D eigenvalue weighted by molar-refractivity contribution is 0.314. The summed E-state index contributed by atoms with van der Waals surface area (Å²) >= 11 is 0. The topological polar surface area (TPSA) is 86.8 Å². The van der Waals surface area contributed by atoms with E-state index in [1.54, 1.807) is 12.3 Å². The quantitative estimate of drug-likeness (QED) is 0.535. The van der Waals surface area contributed by atoms with E-state index < -0.39 is 20.7 Å². The zero-order chi connectivity index (χ0) is 20.9. The number of halogens is 1. The maximum absolute atomic E-state index is 14.2. The SMILES string of the molecule is COc1cc(F)c(S(=O)(=O)NCCCOc2cccc3cccnc23)cc1OC. The maximum Gasteiger partial charge on any atom is 0.243 e. The van der Waals surface area contributed by atoms with Gasteiger partial charge in [-0.25, -0.2) is 17.5 Å². The van der Waals surface area contributed by atoms with Crippen LogP contribution in [0.1, 0.15) is 6.42 Å². The van der Waals surface area contributed by atoms with Gasteiger partial charge in [0.25, 0.3) is 0 Å². The lowest BCUT2D eigenvalue weighted by atomic mass is 10.2. The van der Waals surface area contributed by atoms with E-state index >= 15 is 0 Å². The van der Waals surface area contributed by atoms with Gasteiger partial charge in [0.2, 0.25) is 10.0 Å². The molecule has 0 aliphatic carbocycles. The predicted molar refractivity (Wildman–Crippen MR) is 107 cm³/mol. The molecule has 0 fully saturated rings. The van der Waals surface area contributed by atoms with Crippen LogP contribution in [0.2, 0.25) is 0 Å². The molecule has 3 rings (SSSR count). The molecule has 2 aromatic carbocycles. The van der Waals surface area contributed by atoms with Crippen LogP contribution < -0.4 is 18.9 Å². The lowest BCUT2D eigenvalue weighted by Crippen LogP contribution is -2.26. The number of hydrogen-bond donors (Lipinski definition) is 1. The van der Waals surface area contributed by atoms with Crippen molar-refractivity contribution in [1.29, 1.82) is 0 Å². The molecule has 0 unspecified atom stereocenters. The van der Waals surface area contributed by atoms with Crippen molar-refractivity contribution < 1.29 is 27.0 Å². The van der Waals surface area contributed by atoms with Crippen molar-refractivity contribution in [1.82, 2.24) is 9.71 Å². The zero-order valence-corrected chi connectivity index (χ0v) is 16.8. The Morgan fingerprint density at radius 1 is 1.03 bits per heavy atom. The summed E-state index contributed by atoms with van der Waals surface area (Å²) in [7, 11) is -1.37. The fourth-order valence-corrected chi connectivity index (χ4v) is 3.92. The van der Waals surface area contributed by atoms with Crippen molar-refractivity contribution in [3.63, 3.8) is 0 Å². The lowest BCUT2D eigenvalue weighted by Gasteiger charge is -2.12. The number of fused-ring (bicyclic) bond motifs is 1. The molecule has 0 bridgehead atoms. The number of methoxy groups -OCH3 is 2. The van der Waals surface area contributed by atoms with Gasteiger partial charge in [-0.2, -0.15) is 0 Å². The maximum atomic E-state index is 14.2. The van der Waals surface area contributed by atoms with Crippen LogP contribution in [0, 0.1) is 5.82 Å². The van der Waals surface area contributed by atoms with E-state index in [2.05, 4.69) is 9.71 Å². The van der Waals surface area contributed by atoms with Crippen molar-refractivity contribution in [2.24, 2.45) is 0 Å². The molecule has 1 heterocycles. The first kappa shape index (κ1) is 20.8. The minimum atomic E-state index is -4.06. The van der Waals surface area contributed by atoms with E-state index in [0.717, 1.165) is 23.0 Å². The Labute approximate surface area is 168 Å². The molecule has 0 spiro atoms. The highest BCUT2D eigenvalue weighted by Crippen LogP contribution is 2.31. The van der Waals surface area contributed by atoms with Crippen LogP contribution in [0.4, 0.5) is 4.39 Å². The number of aromatic nitrogens is 1. The van der Waals surface area contributed by atoms with Crippen LogP contribution in [-0.4, -0.2) is 40.8 Å². The smallest absolute Gasteiger partial charge is 0.243 e. The van der Waals surface area contributed by atoms with Crippen LogP contribution in [0.5, 0.6) is 17.2 Å². The summed E-state index contributed by atoms with van der Waals surface area (Å²) in [6.45, 7) is 0.348. The van der Waals surface area contributed by atoms with Gasteiger partial charge in [-0.1, -0.05) is 18.2 Å². The highest BCUT2D eigenvalue weighted by Gasteiger charge is 2.22. The number of ether oxygens (including phenoxy) is 3. The normalized spacial score (nSPS) is 11.4. The fourth-order valence-electron chi connectivity index (χ4n) is 2.77. The Kier molecular flexibility index (Phi) is 6.50. The monoisotopic (exact) mass is 420 g/mol. The first-order valence-electron chi connectivity index (χ1n) is 8.84. The molecule has 0 saturated carbocycles.